The molecule has 0 aromatic heterocycles. The largest absolute Gasteiger partial charge is 0.495 e. The molecule has 0 bridgehead atoms. The zero-order valence-corrected chi connectivity index (χ0v) is 12.3. The van der Waals surface area contributed by atoms with Crippen molar-refractivity contribution in [3.8, 4) is 17.6 Å². The lowest BCUT2D eigenvalue weighted by Gasteiger charge is -2.11. The lowest BCUT2D eigenvalue weighted by molar-refractivity contribution is 0.0947. The predicted octanol–water partition coefficient (Wildman–Crippen LogP) is 1.96. The fourth-order valence-corrected chi connectivity index (χ4v) is 2.64. The normalized spacial score (nSPS) is 14.4. The van der Waals surface area contributed by atoms with E-state index in [0.29, 0.717) is 22.8 Å². The molecule has 1 aromatic carbocycles. The van der Waals surface area contributed by atoms with Crippen LogP contribution in [0, 0.1) is 17.8 Å². The highest BCUT2D eigenvalue weighted by Gasteiger charge is 2.16. The smallest absolute Gasteiger partial charge is 0.251 e. The Hall–Kier alpha value is -1.99. The number of rotatable bonds is 4. The lowest BCUT2D eigenvalue weighted by Crippen LogP contribution is -2.28. The standard InChI is InChI=1S/C17H21NO3/c1-21-16-9-8-15(11-14(16)7-4-10-19)17(20)18-12-13-5-2-3-6-13/h8-9,11,13,19H,2-3,5-6,10,12H2,1H3,(H,18,20). The van der Waals surface area contributed by atoms with Crippen LogP contribution in [-0.4, -0.2) is 31.3 Å². The summed E-state index contributed by atoms with van der Waals surface area (Å²) in [4.78, 5) is 12.2. The molecule has 0 radical (unpaired) electrons. The summed E-state index contributed by atoms with van der Waals surface area (Å²) >= 11 is 0. The number of aliphatic hydroxyl groups is 1. The van der Waals surface area contributed by atoms with E-state index in [1.165, 1.54) is 25.7 Å². The summed E-state index contributed by atoms with van der Waals surface area (Å²) in [6, 6.07) is 5.16. The van der Waals surface area contributed by atoms with Crippen molar-refractivity contribution in [3.05, 3.63) is 29.3 Å². The number of amides is 1. The van der Waals surface area contributed by atoms with Gasteiger partial charge in [-0.25, -0.2) is 0 Å². The molecule has 0 saturated heterocycles. The topological polar surface area (TPSA) is 58.6 Å². The number of methoxy groups -OCH3 is 1. The van der Waals surface area contributed by atoms with Crippen molar-refractivity contribution < 1.29 is 14.6 Å². The van der Waals surface area contributed by atoms with Crippen LogP contribution in [0.15, 0.2) is 18.2 Å². The van der Waals surface area contributed by atoms with E-state index < -0.39 is 0 Å². The summed E-state index contributed by atoms with van der Waals surface area (Å²) < 4.78 is 5.20. The van der Waals surface area contributed by atoms with Crippen molar-refractivity contribution in [3.63, 3.8) is 0 Å². The number of hydrogen-bond acceptors (Lipinski definition) is 3. The molecule has 21 heavy (non-hydrogen) atoms. The zero-order chi connectivity index (χ0) is 15.1. The molecule has 0 spiro atoms. The van der Waals surface area contributed by atoms with Gasteiger partial charge in [-0.1, -0.05) is 24.7 Å². The molecule has 2 rings (SSSR count). The molecule has 0 aliphatic heterocycles. The highest BCUT2D eigenvalue weighted by molar-refractivity contribution is 5.94. The van der Waals surface area contributed by atoms with Gasteiger partial charge in [0.15, 0.2) is 0 Å². The molecule has 112 valence electrons. The average molecular weight is 287 g/mol. The van der Waals surface area contributed by atoms with Crippen LogP contribution in [0.5, 0.6) is 5.75 Å². The van der Waals surface area contributed by atoms with Gasteiger partial charge in [0.25, 0.3) is 5.91 Å². The van der Waals surface area contributed by atoms with Gasteiger partial charge in [-0.15, -0.1) is 0 Å². The molecule has 0 unspecified atom stereocenters. The SMILES string of the molecule is COc1ccc(C(=O)NCC2CCCC2)cc1C#CCO. The number of carbonyl (C=O) groups excluding carboxylic acids is 1. The second-order valence-electron chi connectivity index (χ2n) is 5.24. The van der Waals surface area contributed by atoms with Crippen LogP contribution in [0.4, 0.5) is 0 Å². The van der Waals surface area contributed by atoms with Gasteiger partial charge in [-0.2, -0.15) is 0 Å². The molecule has 0 heterocycles. The third kappa shape index (κ3) is 4.24. The summed E-state index contributed by atoms with van der Waals surface area (Å²) in [5.74, 6) is 6.50. The minimum Gasteiger partial charge on any atom is -0.495 e. The first kappa shape index (κ1) is 15.4. The van der Waals surface area contributed by atoms with Crippen LogP contribution >= 0.6 is 0 Å². The Morgan fingerprint density at radius 3 is 2.86 bits per heavy atom. The van der Waals surface area contributed by atoms with Crippen molar-refractivity contribution in [2.45, 2.75) is 25.7 Å². The number of nitrogens with one attached hydrogen (secondary N) is 1. The summed E-state index contributed by atoms with van der Waals surface area (Å²) in [6.07, 6.45) is 4.94. The fraction of sp³-hybridized carbons (Fsp3) is 0.471. The molecule has 1 aromatic rings. The van der Waals surface area contributed by atoms with Crippen molar-refractivity contribution in [1.82, 2.24) is 5.32 Å². The van der Waals surface area contributed by atoms with Crippen LogP contribution < -0.4 is 10.1 Å². The second kappa shape index (κ2) is 7.70. The molecular formula is C17H21NO3. The van der Waals surface area contributed by atoms with Gasteiger partial charge in [0.05, 0.1) is 12.7 Å². The number of carbonyl (C=O) groups is 1. The molecule has 1 aliphatic carbocycles. The predicted molar refractivity (Wildman–Crippen MR) is 81.2 cm³/mol. The monoisotopic (exact) mass is 287 g/mol. The number of ether oxygens (including phenoxy) is 1. The molecular weight excluding hydrogens is 266 g/mol. The molecule has 1 fully saturated rings. The molecule has 2 N–H and O–H groups in total. The van der Waals surface area contributed by atoms with Crippen molar-refractivity contribution in [2.24, 2.45) is 5.92 Å². The fourth-order valence-electron chi connectivity index (χ4n) is 2.64. The summed E-state index contributed by atoms with van der Waals surface area (Å²) in [5, 5.41) is 11.8. The van der Waals surface area contributed by atoms with E-state index in [4.69, 9.17) is 9.84 Å². The van der Waals surface area contributed by atoms with Crippen molar-refractivity contribution in [2.75, 3.05) is 20.3 Å². The average Bonchev–Trinajstić information content (AvgIpc) is 3.03. The number of aliphatic hydroxyl groups excluding tert-OH is 1. The van der Waals surface area contributed by atoms with E-state index in [-0.39, 0.29) is 12.5 Å². The van der Waals surface area contributed by atoms with Gasteiger partial charge >= 0.3 is 0 Å². The van der Waals surface area contributed by atoms with E-state index >= 15 is 0 Å². The summed E-state index contributed by atoms with van der Waals surface area (Å²) in [6.45, 7) is 0.518. The van der Waals surface area contributed by atoms with E-state index in [2.05, 4.69) is 17.2 Å². The Bertz CT molecular complexity index is 551. The highest BCUT2D eigenvalue weighted by atomic mass is 16.5. The highest BCUT2D eigenvalue weighted by Crippen LogP contribution is 2.24. The van der Waals surface area contributed by atoms with E-state index in [1.54, 1.807) is 25.3 Å². The molecule has 1 aliphatic rings. The van der Waals surface area contributed by atoms with E-state index in [0.717, 1.165) is 6.54 Å². The number of benzene rings is 1. The maximum Gasteiger partial charge on any atom is 0.251 e. The molecule has 1 amide bonds. The maximum absolute atomic E-state index is 12.2. The molecule has 4 heteroatoms. The molecule has 0 atom stereocenters. The van der Waals surface area contributed by atoms with Gasteiger partial charge in [0.2, 0.25) is 0 Å². The first-order valence-electron chi connectivity index (χ1n) is 7.30. The Kier molecular flexibility index (Phi) is 5.65. The van der Waals surface area contributed by atoms with Crippen molar-refractivity contribution in [1.29, 1.82) is 0 Å². The van der Waals surface area contributed by atoms with Gasteiger partial charge in [0.1, 0.15) is 12.4 Å². The van der Waals surface area contributed by atoms with E-state index in [9.17, 15) is 4.79 Å². The van der Waals surface area contributed by atoms with Crippen LogP contribution in [0.3, 0.4) is 0 Å². The van der Waals surface area contributed by atoms with Crippen LogP contribution in [0.2, 0.25) is 0 Å². The minimum absolute atomic E-state index is 0.0865. The first-order chi connectivity index (χ1) is 10.2. The zero-order valence-electron chi connectivity index (χ0n) is 12.3. The Labute approximate surface area is 125 Å². The van der Waals surface area contributed by atoms with Crippen LogP contribution in [-0.2, 0) is 0 Å². The lowest BCUT2D eigenvalue weighted by atomic mass is 10.1. The maximum atomic E-state index is 12.2. The van der Waals surface area contributed by atoms with Gasteiger partial charge in [-0.05, 0) is 37.0 Å². The van der Waals surface area contributed by atoms with Crippen LogP contribution in [0.25, 0.3) is 0 Å². The second-order valence-corrected chi connectivity index (χ2v) is 5.24. The summed E-state index contributed by atoms with van der Waals surface area (Å²) in [7, 11) is 1.55. The first-order valence-corrected chi connectivity index (χ1v) is 7.30. The number of hydrogen-bond donors (Lipinski definition) is 2. The molecule has 1 saturated carbocycles. The van der Waals surface area contributed by atoms with Gasteiger partial charge in [-0.3, -0.25) is 4.79 Å². The third-order valence-electron chi connectivity index (χ3n) is 3.79. The van der Waals surface area contributed by atoms with Crippen molar-refractivity contribution >= 4 is 5.91 Å². The van der Waals surface area contributed by atoms with E-state index in [1.807, 2.05) is 0 Å². The van der Waals surface area contributed by atoms with Crippen LogP contribution in [0.1, 0.15) is 41.6 Å². The Balaban J connectivity index is 2.05. The Morgan fingerprint density at radius 1 is 1.43 bits per heavy atom. The quantitative estimate of drug-likeness (QED) is 0.832. The van der Waals surface area contributed by atoms with Gasteiger partial charge < -0.3 is 15.2 Å². The molecule has 4 nitrogen and oxygen atoms in total. The van der Waals surface area contributed by atoms with Gasteiger partial charge in [0, 0.05) is 12.1 Å². The third-order valence-corrected chi connectivity index (χ3v) is 3.79. The minimum atomic E-state index is -0.221. The summed E-state index contributed by atoms with van der Waals surface area (Å²) in [5.41, 5.74) is 1.18. The Morgan fingerprint density at radius 2 is 2.19 bits per heavy atom.